The number of piperidine rings is 3. The van der Waals surface area contributed by atoms with Gasteiger partial charge in [0.05, 0.1) is 6.04 Å². The van der Waals surface area contributed by atoms with Gasteiger partial charge in [-0.2, -0.15) is 0 Å². The molecule has 0 radical (unpaired) electrons. The lowest BCUT2D eigenvalue weighted by Crippen LogP contribution is -2.60. The summed E-state index contributed by atoms with van der Waals surface area (Å²) in [7, 11) is 4.10. The third-order valence-electron chi connectivity index (χ3n) is 7.87. The molecule has 0 saturated carbocycles. The number of amides is 1. The van der Waals surface area contributed by atoms with Crippen LogP contribution in [0.5, 0.6) is 0 Å². The van der Waals surface area contributed by atoms with E-state index in [-0.39, 0.29) is 0 Å². The highest BCUT2D eigenvalue weighted by atomic mass is 33.1. The predicted octanol–water partition coefficient (Wildman–Crippen LogP) is 5.12. The van der Waals surface area contributed by atoms with Crippen molar-refractivity contribution < 1.29 is 4.79 Å². The van der Waals surface area contributed by atoms with Crippen molar-refractivity contribution in [2.45, 2.75) is 88.0 Å². The first-order chi connectivity index (χ1) is 13.8. The molecule has 5 heteroatoms. The van der Waals surface area contributed by atoms with E-state index in [1.165, 1.54) is 76.6 Å². The lowest BCUT2D eigenvalue weighted by atomic mass is 9.68. The van der Waals surface area contributed by atoms with Gasteiger partial charge in [0.25, 0.3) is 0 Å². The van der Waals surface area contributed by atoms with Gasteiger partial charge in [0, 0.05) is 36.6 Å². The number of nitrogens with zero attached hydrogens (tertiary/aromatic N) is 2. The van der Waals surface area contributed by atoms with E-state index in [4.69, 9.17) is 0 Å². The number of carbonyl (C=O) groups is 1. The van der Waals surface area contributed by atoms with E-state index < -0.39 is 0 Å². The number of hydrogen-bond acceptors (Lipinski definition) is 4. The summed E-state index contributed by atoms with van der Waals surface area (Å²) in [5.41, 5.74) is 1.63. The Balaban J connectivity index is 1.21. The van der Waals surface area contributed by atoms with Gasteiger partial charge >= 0.3 is 0 Å². The van der Waals surface area contributed by atoms with Gasteiger partial charge in [-0.15, -0.1) is 0 Å². The summed E-state index contributed by atoms with van der Waals surface area (Å²) in [5, 5.41) is 0.847. The molecule has 0 aromatic rings. The van der Waals surface area contributed by atoms with E-state index >= 15 is 0 Å². The first-order valence-corrected chi connectivity index (χ1v) is 14.2. The lowest BCUT2D eigenvalue weighted by molar-refractivity contribution is -0.136. The van der Waals surface area contributed by atoms with Crippen LogP contribution in [0.1, 0.15) is 70.6 Å². The van der Waals surface area contributed by atoms with E-state index in [0.29, 0.717) is 17.9 Å². The van der Waals surface area contributed by atoms with Crippen molar-refractivity contribution in [1.82, 2.24) is 9.80 Å². The van der Waals surface area contributed by atoms with Crippen LogP contribution in [-0.4, -0.2) is 58.4 Å². The fourth-order valence-corrected chi connectivity index (χ4v) is 9.64. The molecule has 2 bridgehead atoms. The second-order valence-electron chi connectivity index (χ2n) is 9.67. The second-order valence-corrected chi connectivity index (χ2v) is 12.5. The van der Waals surface area contributed by atoms with Crippen LogP contribution in [0.2, 0.25) is 0 Å². The Kier molecular flexibility index (Phi) is 6.32. The molecule has 5 aliphatic rings. The average Bonchev–Trinajstić information content (AvgIpc) is 3.24. The van der Waals surface area contributed by atoms with Gasteiger partial charge in [-0.05, 0) is 69.7 Å². The summed E-state index contributed by atoms with van der Waals surface area (Å²) in [5.74, 6) is 3.22. The minimum atomic E-state index is 0.433. The molecule has 0 aromatic carbocycles. The third kappa shape index (κ3) is 4.05. The van der Waals surface area contributed by atoms with Gasteiger partial charge in [-0.25, -0.2) is 0 Å². The monoisotopic (exact) mass is 420 g/mol. The van der Waals surface area contributed by atoms with E-state index in [1.807, 2.05) is 10.8 Å². The lowest BCUT2D eigenvalue weighted by Gasteiger charge is -2.54. The summed E-state index contributed by atoms with van der Waals surface area (Å²) < 4.78 is 0. The van der Waals surface area contributed by atoms with E-state index in [9.17, 15) is 4.79 Å². The molecule has 1 amide bonds. The summed E-state index contributed by atoms with van der Waals surface area (Å²) in [6, 6.07) is 1.23. The zero-order valence-electron chi connectivity index (χ0n) is 17.2. The molecule has 5 atom stereocenters. The van der Waals surface area contributed by atoms with Gasteiger partial charge in [0.1, 0.15) is 0 Å². The predicted molar refractivity (Wildman–Crippen MR) is 121 cm³/mol. The Labute approximate surface area is 178 Å². The molecule has 1 unspecified atom stereocenters. The number of hydrogen-bond donors (Lipinski definition) is 0. The van der Waals surface area contributed by atoms with Crippen molar-refractivity contribution in [1.29, 1.82) is 0 Å². The van der Waals surface area contributed by atoms with Crippen molar-refractivity contribution >= 4 is 27.5 Å². The van der Waals surface area contributed by atoms with Crippen LogP contribution < -0.4 is 0 Å². The number of likely N-dealkylation sites (tertiary alicyclic amines) is 1. The summed E-state index contributed by atoms with van der Waals surface area (Å²) in [4.78, 5) is 18.3. The molecule has 0 N–H and O–H groups in total. The minimum absolute atomic E-state index is 0.433. The second kappa shape index (κ2) is 8.93. The Morgan fingerprint density at radius 2 is 2.11 bits per heavy atom. The maximum Gasteiger partial charge on any atom is 0.223 e. The number of rotatable bonds is 5. The maximum atomic E-state index is 13.2. The standard InChI is InChI=1S/C23H36N2OS2/c26-22(9-2-1-7-20-10-13-27-28-20)25-12-5-6-17-14-18-15-19(23(17)25)16-24-11-4-3-8-21(18)24/h14,18-21,23H,1-13,15-16H2/t18-,19-,20?,21+,23+/m0/s1. The minimum Gasteiger partial charge on any atom is -0.336 e. The highest BCUT2D eigenvalue weighted by molar-refractivity contribution is 8.77. The number of fused-ring (bicyclic) bond motifs is 6. The Morgan fingerprint density at radius 1 is 1.14 bits per heavy atom. The molecule has 3 nitrogen and oxygen atoms in total. The molecule has 1 aliphatic carbocycles. The fraction of sp³-hybridized carbons (Fsp3) is 0.870. The van der Waals surface area contributed by atoms with Gasteiger partial charge < -0.3 is 4.90 Å². The Morgan fingerprint density at radius 3 is 3.00 bits per heavy atom. The molecule has 28 heavy (non-hydrogen) atoms. The smallest absolute Gasteiger partial charge is 0.223 e. The quantitative estimate of drug-likeness (QED) is 0.350. The fourth-order valence-electron chi connectivity index (χ4n) is 6.61. The van der Waals surface area contributed by atoms with Crippen LogP contribution in [0.3, 0.4) is 0 Å². The van der Waals surface area contributed by atoms with E-state index in [2.05, 4.69) is 26.7 Å². The van der Waals surface area contributed by atoms with Crippen LogP contribution in [0.4, 0.5) is 0 Å². The first kappa shape index (κ1) is 19.8. The highest BCUT2D eigenvalue weighted by Crippen LogP contribution is 2.45. The summed E-state index contributed by atoms with van der Waals surface area (Å²) >= 11 is 0. The molecule has 0 spiro atoms. The number of unbranched alkanes of at least 4 members (excludes halogenated alkanes) is 1. The van der Waals surface area contributed by atoms with Crippen molar-refractivity contribution in [2.75, 3.05) is 25.4 Å². The highest BCUT2D eigenvalue weighted by Gasteiger charge is 2.46. The molecule has 4 heterocycles. The van der Waals surface area contributed by atoms with Crippen molar-refractivity contribution in [3.63, 3.8) is 0 Å². The van der Waals surface area contributed by atoms with Gasteiger partial charge in [0.15, 0.2) is 0 Å². The van der Waals surface area contributed by atoms with Crippen LogP contribution in [0.15, 0.2) is 11.6 Å². The SMILES string of the molecule is O=C(CCCCC1CCSS1)N1CCCC2=C[C@H]3C[C@@H](CN4CCCC[C@H]34)[C@@H]21. The zero-order chi connectivity index (χ0) is 18.9. The van der Waals surface area contributed by atoms with Crippen LogP contribution >= 0.6 is 21.6 Å². The molecule has 4 fully saturated rings. The molecule has 4 saturated heterocycles. The van der Waals surface area contributed by atoms with Gasteiger partial charge in [0.2, 0.25) is 5.91 Å². The van der Waals surface area contributed by atoms with E-state index in [0.717, 1.165) is 36.6 Å². The van der Waals surface area contributed by atoms with Gasteiger partial charge in [-0.3, -0.25) is 9.69 Å². The molecular weight excluding hydrogens is 384 g/mol. The third-order valence-corrected chi connectivity index (χ3v) is 10.9. The normalized spacial score (nSPS) is 37.9. The average molecular weight is 421 g/mol. The van der Waals surface area contributed by atoms with Crippen molar-refractivity contribution in [3.8, 4) is 0 Å². The Bertz CT molecular complexity index is 603. The zero-order valence-corrected chi connectivity index (χ0v) is 18.8. The van der Waals surface area contributed by atoms with E-state index in [1.54, 1.807) is 5.57 Å². The number of carbonyl (C=O) groups excluding carboxylic acids is 1. The van der Waals surface area contributed by atoms with Crippen LogP contribution in [0.25, 0.3) is 0 Å². The largest absolute Gasteiger partial charge is 0.336 e. The molecule has 5 rings (SSSR count). The van der Waals surface area contributed by atoms with Gasteiger partial charge in [-0.1, -0.05) is 46.1 Å². The first-order valence-electron chi connectivity index (χ1n) is 11.8. The molecule has 0 aromatic heterocycles. The molecule has 4 aliphatic heterocycles. The molecular formula is C23H36N2OS2. The summed E-state index contributed by atoms with van der Waals surface area (Å²) in [6.45, 7) is 3.53. The van der Waals surface area contributed by atoms with Crippen molar-refractivity contribution in [2.24, 2.45) is 11.8 Å². The Hall–Kier alpha value is -0.130. The van der Waals surface area contributed by atoms with Crippen LogP contribution in [-0.2, 0) is 4.79 Å². The van der Waals surface area contributed by atoms with Crippen molar-refractivity contribution in [3.05, 3.63) is 11.6 Å². The van der Waals surface area contributed by atoms with Crippen LogP contribution in [0, 0.1) is 11.8 Å². The maximum absolute atomic E-state index is 13.2. The molecule has 156 valence electrons. The summed E-state index contributed by atoms with van der Waals surface area (Å²) in [6.07, 6.45) is 16.3. The topological polar surface area (TPSA) is 23.6 Å².